The molecule has 19 heavy (non-hydrogen) atoms. The van der Waals surface area contributed by atoms with E-state index in [1.807, 2.05) is 0 Å². The van der Waals surface area contributed by atoms with Crippen LogP contribution in [-0.4, -0.2) is 8.42 Å². The first-order valence-corrected chi connectivity index (χ1v) is 7.12. The van der Waals surface area contributed by atoms with Gasteiger partial charge in [0.1, 0.15) is 10.7 Å². The number of hydrogen-bond donors (Lipinski definition) is 2. The molecule has 0 fully saturated rings. The Morgan fingerprint density at radius 3 is 2.37 bits per heavy atom. The van der Waals surface area contributed by atoms with Crippen molar-refractivity contribution in [3.05, 3.63) is 59.9 Å². The van der Waals surface area contributed by atoms with Gasteiger partial charge >= 0.3 is 0 Å². The summed E-state index contributed by atoms with van der Waals surface area (Å²) in [5, 5.41) is 7.99. The Balaban J connectivity index is 2.24. The highest BCUT2D eigenvalue weighted by molar-refractivity contribution is 7.89. The molecule has 0 amide bonds. The molecule has 6 heteroatoms. The van der Waals surface area contributed by atoms with E-state index < -0.39 is 10.0 Å². The normalized spacial score (nSPS) is 11.3. The molecule has 0 aliphatic rings. The van der Waals surface area contributed by atoms with Crippen LogP contribution >= 0.6 is 0 Å². The van der Waals surface area contributed by atoms with Crippen LogP contribution in [0.3, 0.4) is 0 Å². The Morgan fingerprint density at radius 1 is 1.05 bits per heavy atom. The number of sulfonamides is 1. The molecule has 0 radical (unpaired) electrons. The van der Waals surface area contributed by atoms with E-state index in [2.05, 4.69) is 5.32 Å². The van der Waals surface area contributed by atoms with Crippen LogP contribution in [0, 0.1) is 5.82 Å². The monoisotopic (exact) mass is 280 g/mol. The van der Waals surface area contributed by atoms with E-state index in [0.717, 1.165) is 0 Å². The quantitative estimate of drug-likeness (QED) is 0.900. The third-order valence-corrected chi connectivity index (χ3v) is 3.59. The SMILES string of the molecule is NS(=O)(=O)c1ccccc1NCc1ccccc1F. The summed E-state index contributed by atoms with van der Waals surface area (Å²) in [7, 11) is -3.80. The predicted molar refractivity (Wildman–Crippen MR) is 71.5 cm³/mol. The minimum Gasteiger partial charge on any atom is -0.380 e. The summed E-state index contributed by atoms with van der Waals surface area (Å²) in [5.74, 6) is -0.344. The van der Waals surface area contributed by atoms with Crippen LogP contribution in [0.15, 0.2) is 53.4 Å². The van der Waals surface area contributed by atoms with Crippen molar-refractivity contribution in [2.24, 2.45) is 5.14 Å². The molecule has 0 heterocycles. The zero-order valence-electron chi connectivity index (χ0n) is 10.0. The molecule has 0 atom stereocenters. The van der Waals surface area contributed by atoms with E-state index in [1.54, 1.807) is 36.4 Å². The molecule has 0 unspecified atom stereocenters. The Labute approximate surface area is 111 Å². The minimum atomic E-state index is -3.80. The Hall–Kier alpha value is -1.92. The number of nitrogens with one attached hydrogen (secondary N) is 1. The zero-order chi connectivity index (χ0) is 13.9. The lowest BCUT2D eigenvalue weighted by Gasteiger charge is -2.10. The number of rotatable bonds is 4. The Kier molecular flexibility index (Phi) is 3.82. The molecule has 2 aromatic rings. The van der Waals surface area contributed by atoms with E-state index in [1.165, 1.54) is 12.1 Å². The third-order valence-electron chi connectivity index (χ3n) is 2.62. The number of hydrogen-bond acceptors (Lipinski definition) is 3. The van der Waals surface area contributed by atoms with Gasteiger partial charge in [-0.3, -0.25) is 0 Å². The maximum atomic E-state index is 13.4. The fraction of sp³-hybridized carbons (Fsp3) is 0.0769. The molecule has 0 aliphatic carbocycles. The standard InChI is InChI=1S/C13H13FN2O2S/c14-11-6-2-1-5-10(11)9-16-12-7-3-4-8-13(12)19(15,17)18/h1-8,16H,9H2,(H2,15,17,18). The average molecular weight is 280 g/mol. The number of para-hydroxylation sites is 1. The molecule has 0 aromatic heterocycles. The van der Waals surface area contributed by atoms with Crippen LogP contribution in [0.2, 0.25) is 0 Å². The van der Waals surface area contributed by atoms with Crippen molar-refractivity contribution in [2.75, 3.05) is 5.32 Å². The number of halogens is 1. The van der Waals surface area contributed by atoms with Gasteiger partial charge in [0.25, 0.3) is 0 Å². The topological polar surface area (TPSA) is 72.2 Å². The van der Waals surface area contributed by atoms with Gasteiger partial charge in [0.2, 0.25) is 10.0 Å². The van der Waals surface area contributed by atoms with E-state index in [-0.39, 0.29) is 17.3 Å². The van der Waals surface area contributed by atoms with Crippen LogP contribution in [-0.2, 0) is 16.6 Å². The van der Waals surface area contributed by atoms with Crippen LogP contribution in [0.25, 0.3) is 0 Å². The van der Waals surface area contributed by atoms with Gasteiger partial charge in [-0.25, -0.2) is 17.9 Å². The Bertz CT molecular complexity index is 687. The molecule has 0 bridgehead atoms. The zero-order valence-corrected chi connectivity index (χ0v) is 10.8. The van der Waals surface area contributed by atoms with E-state index in [0.29, 0.717) is 11.3 Å². The van der Waals surface area contributed by atoms with Crippen LogP contribution in [0.4, 0.5) is 10.1 Å². The highest BCUT2D eigenvalue weighted by Crippen LogP contribution is 2.20. The van der Waals surface area contributed by atoms with Gasteiger partial charge in [-0.15, -0.1) is 0 Å². The predicted octanol–water partition coefficient (Wildman–Crippen LogP) is 2.09. The number of nitrogens with two attached hydrogens (primary N) is 1. The first-order valence-electron chi connectivity index (χ1n) is 5.57. The van der Waals surface area contributed by atoms with Gasteiger partial charge in [0.05, 0.1) is 5.69 Å². The average Bonchev–Trinajstić information content (AvgIpc) is 2.37. The lowest BCUT2D eigenvalue weighted by atomic mass is 10.2. The summed E-state index contributed by atoms with van der Waals surface area (Å²) in [6.07, 6.45) is 0. The third kappa shape index (κ3) is 3.30. The fourth-order valence-corrected chi connectivity index (χ4v) is 2.41. The van der Waals surface area contributed by atoms with Gasteiger partial charge in [-0.05, 0) is 18.2 Å². The summed E-state index contributed by atoms with van der Waals surface area (Å²) in [6, 6.07) is 12.5. The molecule has 0 saturated carbocycles. The fourth-order valence-electron chi connectivity index (χ4n) is 1.69. The minimum absolute atomic E-state index is 0.00802. The van der Waals surface area contributed by atoms with Crippen LogP contribution in [0.5, 0.6) is 0 Å². The Morgan fingerprint density at radius 2 is 1.68 bits per heavy atom. The number of primary sulfonamides is 1. The molecular weight excluding hydrogens is 267 g/mol. The molecular formula is C13H13FN2O2S. The highest BCUT2D eigenvalue weighted by Gasteiger charge is 2.13. The maximum absolute atomic E-state index is 13.4. The highest BCUT2D eigenvalue weighted by atomic mass is 32.2. The molecule has 100 valence electrons. The van der Waals surface area contributed by atoms with E-state index in [4.69, 9.17) is 5.14 Å². The maximum Gasteiger partial charge on any atom is 0.240 e. The number of benzene rings is 2. The lowest BCUT2D eigenvalue weighted by Crippen LogP contribution is -2.15. The van der Waals surface area contributed by atoms with Crippen LogP contribution in [0.1, 0.15) is 5.56 Å². The van der Waals surface area contributed by atoms with Gasteiger partial charge in [-0.2, -0.15) is 0 Å². The molecule has 2 aromatic carbocycles. The van der Waals surface area contributed by atoms with E-state index in [9.17, 15) is 12.8 Å². The molecule has 0 spiro atoms. The number of anilines is 1. The molecule has 3 N–H and O–H groups in total. The van der Waals surface area contributed by atoms with Gasteiger partial charge in [-0.1, -0.05) is 30.3 Å². The summed E-state index contributed by atoms with van der Waals surface area (Å²) < 4.78 is 36.2. The van der Waals surface area contributed by atoms with Crippen molar-refractivity contribution in [3.8, 4) is 0 Å². The first-order chi connectivity index (χ1) is 8.98. The van der Waals surface area contributed by atoms with Crippen molar-refractivity contribution in [3.63, 3.8) is 0 Å². The smallest absolute Gasteiger partial charge is 0.240 e. The second-order valence-electron chi connectivity index (χ2n) is 3.99. The molecule has 0 aliphatic heterocycles. The molecule has 4 nitrogen and oxygen atoms in total. The molecule has 0 saturated heterocycles. The van der Waals surface area contributed by atoms with Crippen molar-refractivity contribution in [2.45, 2.75) is 11.4 Å². The summed E-state index contributed by atoms with van der Waals surface area (Å²) in [6.45, 7) is 0.180. The summed E-state index contributed by atoms with van der Waals surface area (Å²) in [5.41, 5.74) is 0.806. The second kappa shape index (κ2) is 5.38. The summed E-state index contributed by atoms with van der Waals surface area (Å²) >= 11 is 0. The lowest BCUT2D eigenvalue weighted by molar-refractivity contribution is 0.598. The van der Waals surface area contributed by atoms with Gasteiger partial charge in [0.15, 0.2) is 0 Å². The van der Waals surface area contributed by atoms with E-state index >= 15 is 0 Å². The summed E-state index contributed by atoms with van der Waals surface area (Å²) in [4.78, 5) is -0.00802. The first kappa shape index (κ1) is 13.5. The van der Waals surface area contributed by atoms with Crippen molar-refractivity contribution < 1.29 is 12.8 Å². The molecule has 2 rings (SSSR count). The van der Waals surface area contributed by atoms with Gasteiger partial charge < -0.3 is 5.32 Å². The largest absolute Gasteiger partial charge is 0.380 e. The second-order valence-corrected chi connectivity index (χ2v) is 5.52. The van der Waals surface area contributed by atoms with Crippen molar-refractivity contribution in [1.82, 2.24) is 0 Å². The van der Waals surface area contributed by atoms with Crippen molar-refractivity contribution in [1.29, 1.82) is 0 Å². The van der Waals surface area contributed by atoms with Gasteiger partial charge in [0, 0.05) is 12.1 Å². The van der Waals surface area contributed by atoms with Crippen LogP contribution < -0.4 is 10.5 Å². The van der Waals surface area contributed by atoms with Crippen molar-refractivity contribution >= 4 is 15.7 Å².